The second-order valence-corrected chi connectivity index (χ2v) is 5.08. The molecular weight excluding hydrogens is 237 g/mol. The third-order valence-corrected chi connectivity index (χ3v) is 3.29. The summed E-state index contributed by atoms with van der Waals surface area (Å²) in [4.78, 5) is 2.27. The molecule has 2 aromatic rings. The van der Waals surface area contributed by atoms with Gasteiger partial charge in [-0.1, -0.05) is 48.5 Å². The number of rotatable bonds is 5. The minimum atomic E-state index is -0.124. The Morgan fingerprint density at radius 2 is 1.53 bits per heavy atom. The molecule has 0 radical (unpaired) electrons. The SMILES string of the molecule is CC(C)N(Cc1ccccc1)Cc1ccccc1F. The smallest absolute Gasteiger partial charge is 0.127 e. The predicted octanol–water partition coefficient (Wildman–Crippen LogP) is 4.24. The Morgan fingerprint density at radius 3 is 2.16 bits per heavy atom. The maximum absolute atomic E-state index is 13.7. The zero-order valence-electron chi connectivity index (χ0n) is 11.5. The van der Waals surface area contributed by atoms with Gasteiger partial charge >= 0.3 is 0 Å². The molecule has 0 aliphatic rings. The van der Waals surface area contributed by atoms with Crippen LogP contribution in [0.25, 0.3) is 0 Å². The molecule has 0 heterocycles. The molecule has 0 atom stereocenters. The van der Waals surface area contributed by atoms with Gasteiger partial charge in [0.1, 0.15) is 5.82 Å². The molecule has 2 aromatic carbocycles. The molecule has 100 valence electrons. The molecule has 0 N–H and O–H groups in total. The summed E-state index contributed by atoms with van der Waals surface area (Å²) in [6, 6.07) is 17.7. The topological polar surface area (TPSA) is 3.24 Å². The first kappa shape index (κ1) is 13.8. The van der Waals surface area contributed by atoms with Crippen LogP contribution in [-0.2, 0) is 13.1 Å². The first-order valence-corrected chi connectivity index (χ1v) is 6.68. The maximum Gasteiger partial charge on any atom is 0.127 e. The lowest BCUT2D eigenvalue weighted by atomic mass is 10.1. The van der Waals surface area contributed by atoms with E-state index < -0.39 is 0 Å². The normalized spacial score (nSPS) is 11.2. The van der Waals surface area contributed by atoms with E-state index in [1.165, 1.54) is 11.6 Å². The van der Waals surface area contributed by atoms with E-state index in [1.807, 2.05) is 30.3 Å². The fraction of sp³-hybridized carbons (Fsp3) is 0.294. The van der Waals surface area contributed by atoms with Gasteiger partial charge in [-0.05, 0) is 25.5 Å². The van der Waals surface area contributed by atoms with E-state index in [0.717, 1.165) is 12.1 Å². The Hall–Kier alpha value is -1.67. The summed E-state index contributed by atoms with van der Waals surface area (Å²) in [5.74, 6) is -0.124. The van der Waals surface area contributed by atoms with Gasteiger partial charge < -0.3 is 0 Å². The van der Waals surface area contributed by atoms with Crippen molar-refractivity contribution in [1.29, 1.82) is 0 Å². The molecule has 2 rings (SSSR count). The highest BCUT2D eigenvalue weighted by Crippen LogP contribution is 2.15. The zero-order valence-corrected chi connectivity index (χ0v) is 11.5. The number of benzene rings is 2. The quantitative estimate of drug-likeness (QED) is 0.774. The predicted molar refractivity (Wildman–Crippen MR) is 77.2 cm³/mol. The summed E-state index contributed by atoms with van der Waals surface area (Å²) < 4.78 is 13.7. The summed E-state index contributed by atoms with van der Waals surface area (Å²) in [5.41, 5.74) is 2.01. The highest BCUT2D eigenvalue weighted by Gasteiger charge is 2.12. The van der Waals surface area contributed by atoms with Gasteiger partial charge in [0.15, 0.2) is 0 Å². The average Bonchev–Trinajstić information content (AvgIpc) is 2.41. The Balaban J connectivity index is 2.11. The van der Waals surface area contributed by atoms with Crippen LogP contribution < -0.4 is 0 Å². The zero-order chi connectivity index (χ0) is 13.7. The number of hydrogen-bond acceptors (Lipinski definition) is 1. The molecule has 0 spiro atoms. The van der Waals surface area contributed by atoms with E-state index in [0.29, 0.717) is 12.6 Å². The van der Waals surface area contributed by atoms with Crippen LogP contribution in [0.5, 0.6) is 0 Å². The summed E-state index contributed by atoms with van der Waals surface area (Å²) >= 11 is 0. The Labute approximate surface area is 114 Å². The molecule has 1 nitrogen and oxygen atoms in total. The van der Waals surface area contributed by atoms with Crippen LogP contribution in [0.3, 0.4) is 0 Å². The van der Waals surface area contributed by atoms with E-state index in [1.54, 1.807) is 6.07 Å². The van der Waals surface area contributed by atoms with Gasteiger partial charge in [0, 0.05) is 24.7 Å². The molecule has 0 saturated carbocycles. The molecular formula is C17H20FN. The van der Waals surface area contributed by atoms with Crippen LogP contribution in [0.2, 0.25) is 0 Å². The minimum Gasteiger partial charge on any atom is -0.292 e. The summed E-state index contributed by atoms with van der Waals surface area (Å²) in [5, 5.41) is 0. The lowest BCUT2D eigenvalue weighted by Gasteiger charge is -2.26. The third-order valence-electron chi connectivity index (χ3n) is 3.29. The van der Waals surface area contributed by atoms with Crippen molar-refractivity contribution >= 4 is 0 Å². The van der Waals surface area contributed by atoms with Gasteiger partial charge in [-0.25, -0.2) is 4.39 Å². The third kappa shape index (κ3) is 3.90. The summed E-state index contributed by atoms with van der Waals surface area (Å²) in [6.45, 7) is 5.76. The van der Waals surface area contributed by atoms with Crippen molar-refractivity contribution in [2.45, 2.75) is 33.0 Å². The van der Waals surface area contributed by atoms with Gasteiger partial charge in [0.2, 0.25) is 0 Å². The van der Waals surface area contributed by atoms with E-state index in [9.17, 15) is 4.39 Å². The lowest BCUT2D eigenvalue weighted by Crippen LogP contribution is -2.30. The van der Waals surface area contributed by atoms with E-state index in [-0.39, 0.29) is 5.82 Å². The van der Waals surface area contributed by atoms with Crippen molar-refractivity contribution in [2.75, 3.05) is 0 Å². The van der Waals surface area contributed by atoms with Crippen molar-refractivity contribution in [3.05, 3.63) is 71.5 Å². The summed E-state index contributed by atoms with van der Waals surface area (Å²) in [7, 11) is 0. The van der Waals surface area contributed by atoms with E-state index >= 15 is 0 Å². The van der Waals surface area contributed by atoms with Crippen LogP contribution in [0.4, 0.5) is 4.39 Å². The van der Waals surface area contributed by atoms with Crippen LogP contribution >= 0.6 is 0 Å². The van der Waals surface area contributed by atoms with Crippen LogP contribution in [0.1, 0.15) is 25.0 Å². The monoisotopic (exact) mass is 257 g/mol. The summed E-state index contributed by atoms with van der Waals surface area (Å²) in [6.07, 6.45) is 0. The first-order chi connectivity index (χ1) is 9.16. The molecule has 0 fully saturated rings. The fourth-order valence-corrected chi connectivity index (χ4v) is 2.08. The van der Waals surface area contributed by atoms with E-state index in [4.69, 9.17) is 0 Å². The highest BCUT2D eigenvalue weighted by atomic mass is 19.1. The van der Waals surface area contributed by atoms with E-state index in [2.05, 4.69) is 30.9 Å². The van der Waals surface area contributed by atoms with Crippen molar-refractivity contribution < 1.29 is 4.39 Å². The van der Waals surface area contributed by atoms with Crippen molar-refractivity contribution in [2.24, 2.45) is 0 Å². The van der Waals surface area contributed by atoms with Gasteiger partial charge in [0.25, 0.3) is 0 Å². The minimum absolute atomic E-state index is 0.124. The standard InChI is InChI=1S/C17H20FN/c1-14(2)19(12-15-8-4-3-5-9-15)13-16-10-6-7-11-17(16)18/h3-11,14H,12-13H2,1-2H3. The molecule has 0 aliphatic carbocycles. The fourth-order valence-electron chi connectivity index (χ4n) is 2.08. The molecule has 0 aromatic heterocycles. The molecule has 0 amide bonds. The number of nitrogens with zero attached hydrogens (tertiary/aromatic N) is 1. The number of hydrogen-bond donors (Lipinski definition) is 0. The van der Waals surface area contributed by atoms with Gasteiger partial charge in [-0.3, -0.25) is 4.90 Å². The van der Waals surface area contributed by atoms with Crippen LogP contribution in [0.15, 0.2) is 54.6 Å². The molecule has 0 unspecified atom stereocenters. The highest BCUT2D eigenvalue weighted by molar-refractivity contribution is 5.18. The Morgan fingerprint density at radius 1 is 0.895 bits per heavy atom. The van der Waals surface area contributed by atoms with Crippen molar-refractivity contribution in [1.82, 2.24) is 4.90 Å². The lowest BCUT2D eigenvalue weighted by molar-refractivity contribution is 0.201. The second-order valence-electron chi connectivity index (χ2n) is 5.08. The number of halogens is 1. The first-order valence-electron chi connectivity index (χ1n) is 6.68. The molecule has 19 heavy (non-hydrogen) atoms. The van der Waals surface area contributed by atoms with Gasteiger partial charge in [-0.2, -0.15) is 0 Å². The Kier molecular flexibility index (Phi) is 4.69. The molecule has 0 aliphatic heterocycles. The second kappa shape index (κ2) is 6.48. The molecule has 0 bridgehead atoms. The van der Waals surface area contributed by atoms with Gasteiger partial charge in [-0.15, -0.1) is 0 Å². The Bertz CT molecular complexity index is 508. The van der Waals surface area contributed by atoms with Crippen LogP contribution in [0, 0.1) is 5.82 Å². The maximum atomic E-state index is 13.7. The largest absolute Gasteiger partial charge is 0.292 e. The molecule has 0 saturated heterocycles. The van der Waals surface area contributed by atoms with Crippen LogP contribution in [-0.4, -0.2) is 10.9 Å². The molecule has 2 heteroatoms. The van der Waals surface area contributed by atoms with Crippen molar-refractivity contribution in [3.8, 4) is 0 Å². The average molecular weight is 257 g/mol. The van der Waals surface area contributed by atoms with Crippen molar-refractivity contribution in [3.63, 3.8) is 0 Å². The van der Waals surface area contributed by atoms with Gasteiger partial charge in [0.05, 0.1) is 0 Å².